The van der Waals surface area contributed by atoms with Crippen molar-refractivity contribution in [3.05, 3.63) is 60.7 Å². The van der Waals surface area contributed by atoms with E-state index >= 15 is 0 Å². The predicted octanol–water partition coefficient (Wildman–Crippen LogP) is 4.32. The fraction of sp³-hybridized carbons (Fsp3) is 0.250. The van der Waals surface area contributed by atoms with Crippen LogP contribution in [0.1, 0.15) is 19.8 Å². The van der Waals surface area contributed by atoms with Gasteiger partial charge in [0.25, 0.3) is 0 Å². The molecule has 0 fully saturated rings. The summed E-state index contributed by atoms with van der Waals surface area (Å²) in [5.74, 6) is 0. The van der Waals surface area contributed by atoms with Crippen molar-refractivity contribution in [1.29, 1.82) is 0 Å². The first kappa shape index (κ1) is 12.5. The van der Waals surface area contributed by atoms with Gasteiger partial charge in [-0.1, -0.05) is 49.7 Å². The third-order valence-electron chi connectivity index (χ3n) is 2.84. The van der Waals surface area contributed by atoms with Gasteiger partial charge >= 0.3 is 0 Å². The van der Waals surface area contributed by atoms with Gasteiger partial charge < -0.3 is 0 Å². The molecule has 2 aromatic carbocycles. The first-order chi connectivity index (χ1) is 8.90. The number of nitrogens with one attached hydrogen (secondary N) is 1. The van der Waals surface area contributed by atoms with Crippen molar-refractivity contribution in [1.82, 2.24) is 0 Å². The third-order valence-corrected chi connectivity index (χ3v) is 2.84. The Morgan fingerprint density at radius 1 is 0.889 bits per heavy atom. The Morgan fingerprint density at radius 2 is 1.50 bits per heavy atom. The number of rotatable bonds is 6. The van der Waals surface area contributed by atoms with Gasteiger partial charge in [0.05, 0.1) is 11.4 Å². The highest BCUT2D eigenvalue weighted by molar-refractivity contribution is 5.54. The van der Waals surface area contributed by atoms with E-state index in [1.54, 1.807) is 0 Å². The Bertz CT molecular complexity index is 439. The number of para-hydroxylation sites is 2. The lowest BCUT2D eigenvalue weighted by Crippen LogP contribution is -2.30. The second-order valence-corrected chi connectivity index (χ2v) is 4.32. The molecule has 0 saturated heterocycles. The molecule has 2 aromatic rings. The molecule has 18 heavy (non-hydrogen) atoms. The zero-order valence-electron chi connectivity index (χ0n) is 10.8. The summed E-state index contributed by atoms with van der Waals surface area (Å²) >= 11 is 0. The van der Waals surface area contributed by atoms with E-state index in [0.29, 0.717) is 0 Å². The van der Waals surface area contributed by atoms with Crippen LogP contribution in [0.4, 0.5) is 11.4 Å². The molecule has 0 aliphatic rings. The maximum absolute atomic E-state index is 3.46. The van der Waals surface area contributed by atoms with Crippen LogP contribution in [0.5, 0.6) is 0 Å². The van der Waals surface area contributed by atoms with Crippen LogP contribution in [0.3, 0.4) is 0 Å². The van der Waals surface area contributed by atoms with E-state index in [-0.39, 0.29) is 0 Å². The molecule has 0 atom stereocenters. The summed E-state index contributed by atoms with van der Waals surface area (Å²) in [7, 11) is 0. The average molecular weight is 240 g/mol. The van der Waals surface area contributed by atoms with Crippen LogP contribution in [-0.4, -0.2) is 6.54 Å². The average Bonchev–Trinajstić information content (AvgIpc) is 2.45. The minimum atomic E-state index is 1.01. The van der Waals surface area contributed by atoms with Crippen LogP contribution in [0.25, 0.3) is 0 Å². The van der Waals surface area contributed by atoms with Crippen molar-refractivity contribution in [2.45, 2.75) is 19.8 Å². The van der Waals surface area contributed by atoms with Crippen molar-refractivity contribution in [2.24, 2.45) is 0 Å². The van der Waals surface area contributed by atoms with Gasteiger partial charge in [-0.15, -0.1) is 0 Å². The Balaban J connectivity index is 2.10. The minimum Gasteiger partial charge on any atom is -0.298 e. The highest BCUT2D eigenvalue weighted by Crippen LogP contribution is 2.16. The molecule has 94 valence electrons. The van der Waals surface area contributed by atoms with Crippen LogP contribution < -0.4 is 10.4 Å². The van der Waals surface area contributed by atoms with E-state index in [1.165, 1.54) is 18.5 Å². The number of hydrogen-bond acceptors (Lipinski definition) is 2. The molecule has 0 spiro atoms. The maximum Gasteiger partial charge on any atom is 0.0571 e. The molecular weight excluding hydrogens is 220 g/mol. The van der Waals surface area contributed by atoms with Crippen molar-refractivity contribution >= 4 is 11.4 Å². The van der Waals surface area contributed by atoms with Gasteiger partial charge in [-0.2, -0.15) is 0 Å². The molecule has 0 unspecified atom stereocenters. The Kier molecular flexibility index (Phi) is 4.65. The molecule has 2 nitrogen and oxygen atoms in total. The molecule has 0 aliphatic carbocycles. The Morgan fingerprint density at radius 3 is 2.11 bits per heavy atom. The maximum atomic E-state index is 3.46. The summed E-state index contributed by atoms with van der Waals surface area (Å²) in [5.41, 5.74) is 5.79. The van der Waals surface area contributed by atoms with E-state index in [0.717, 1.165) is 12.2 Å². The predicted molar refractivity (Wildman–Crippen MR) is 78.8 cm³/mol. The molecule has 0 radical (unpaired) electrons. The number of hydrazine groups is 1. The number of benzene rings is 2. The van der Waals surface area contributed by atoms with Crippen LogP contribution in [0, 0.1) is 0 Å². The molecule has 0 bridgehead atoms. The summed E-state index contributed by atoms with van der Waals surface area (Å²) in [6.45, 7) is 3.22. The molecule has 2 heteroatoms. The second-order valence-electron chi connectivity index (χ2n) is 4.32. The van der Waals surface area contributed by atoms with Gasteiger partial charge in [0.2, 0.25) is 0 Å². The van der Waals surface area contributed by atoms with Crippen molar-refractivity contribution in [3.8, 4) is 0 Å². The van der Waals surface area contributed by atoms with E-state index in [2.05, 4.69) is 53.8 Å². The van der Waals surface area contributed by atoms with Crippen LogP contribution >= 0.6 is 0 Å². The highest BCUT2D eigenvalue weighted by Gasteiger charge is 2.04. The number of anilines is 2. The topological polar surface area (TPSA) is 15.3 Å². The van der Waals surface area contributed by atoms with E-state index in [4.69, 9.17) is 0 Å². The normalized spacial score (nSPS) is 10.1. The number of unbranched alkanes of at least 4 members (excludes halogenated alkanes) is 1. The van der Waals surface area contributed by atoms with E-state index in [9.17, 15) is 0 Å². The lowest BCUT2D eigenvalue weighted by Gasteiger charge is -2.26. The molecule has 0 saturated carbocycles. The van der Waals surface area contributed by atoms with E-state index < -0.39 is 0 Å². The summed E-state index contributed by atoms with van der Waals surface area (Å²) in [4.78, 5) is 0. The van der Waals surface area contributed by atoms with Crippen molar-refractivity contribution in [3.63, 3.8) is 0 Å². The number of nitrogens with zero attached hydrogens (tertiary/aromatic N) is 1. The third kappa shape index (κ3) is 3.52. The highest BCUT2D eigenvalue weighted by atomic mass is 15.5. The lowest BCUT2D eigenvalue weighted by atomic mass is 10.2. The summed E-state index contributed by atoms with van der Waals surface area (Å²) in [6, 6.07) is 20.7. The van der Waals surface area contributed by atoms with Gasteiger partial charge in [0, 0.05) is 6.54 Å². The molecule has 2 rings (SSSR count). The standard InChI is InChI=1S/C16H20N2/c1-2-3-14-18(16-12-8-5-9-13-16)17-15-10-6-4-7-11-15/h4-13,17H,2-3,14H2,1H3. The Labute approximate surface area is 109 Å². The van der Waals surface area contributed by atoms with Gasteiger partial charge in [-0.25, -0.2) is 0 Å². The largest absolute Gasteiger partial charge is 0.298 e. The first-order valence-corrected chi connectivity index (χ1v) is 6.54. The first-order valence-electron chi connectivity index (χ1n) is 6.54. The summed E-state index contributed by atoms with van der Waals surface area (Å²) < 4.78 is 0. The smallest absolute Gasteiger partial charge is 0.0571 e. The molecule has 1 N–H and O–H groups in total. The Hall–Kier alpha value is -1.96. The zero-order chi connectivity index (χ0) is 12.6. The number of hydrogen-bond donors (Lipinski definition) is 1. The fourth-order valence-electron chi connectivity index (χ4n) is 1.84. The molecular formula is C16H20N2. The van der Waals surface area contributed by atoms with Gasteiger partial charge in [-0.3, -0.25) is 10.4 Å². The zero-order valence-corrected chi connectivity index (χ0v) is 10.8. The molecule has 0 amide bonds. The minimum absolute atomic E-state index is 1.01. The van der Waals surface area contributed by atoms with Crippen LogP contribution in [0.2, 0.25) is 0 Å². The van der Waals surface area contributed by atoms with Crippen LogP contribution in [-0.2, 0) is 0 Å². The monoisotopic (exact) mass is 240 g/mol. The molecule has 0 heterocycles. The fourth-order valence-corrected chi connectivity index (χ4v) is 1.84. The molecule has 0 aromatic heterocycles. The quantitative estimate of drug-likeness (QED) is 0.756. The summed E-state index contributed by atoms with van der Waals surface area (Å²) in [6.07, 6.45) is 2.37. The second kappa shape index (κ2) is 6.70. The van der Waals surface area contributed by atoms with Crippen molar-refractivity contribution < 1.29 is 0 Å². The summed E-state index contributed by atoms with van der Waals surface area (Å²) in [5, 5.41) is 2.21. The molecule has 0 aliphatic heterocycles. The van der Waals surface area contributed by atoms with Crippen molar-refractivity contribution in [2.75, 3.05) is 17.0 Å². The SMILES string of the molecule is CCCCN(Nc1ccccc1)c1ccccc1. The van der Waals surface area contributed by atoms with E-state index in [1.807, 2.05) is 24.3 Å². The van der Waals surface area contributed by atoms with Gasteiger partial charge in [-0.05, 0) is 30.7 Å². The van der Waals surface area contributed by atoms with Gasteiger partial charge in [0.1, 0.15) is 0 Å². The van der Waals surface area contributed by atoms with Crippen LogP contribution in [0.15, 0.2) is 60.7 Å². The van der Waals surface area contributed by atoms with Gasteiger partial charge in [0.15, 0.2) is 0 Å². The lowest BCUT2D eigenvalue weighted by molar-refractivity contribution is 0.761.